The van der Waals surface area contributed by atoms with Gasteiger partial charge in [-0.1, -0.05) is 12.8 Å². The van der Waals surface area contributed by atoms with Crippen molar-refractivity contribution in [3.8, 4) is 11.5 Å². The van der Waals surface area contributed by atoms with Crippen molar-refractivity contribution >= 4 is 25.0 Å². The molecular formula is C15H26ClNO2S. The van der Waals surface area contributed by atoms with Crippen molar-refractivity contribution in [1.82, 2.24) is 0 Å². The third kappa shape index (κ3) is 8.56. The highest BCUT2D eigenvalue weighted by molar-refractivity contribution is 7.80. The number of nitrogens with two attached hydrogens (primary N) is 1. The molecule has 3 nitrogen and oxygen atoms in total. The van der Waals surface area contributed by atoms with E-state index < -0.39 is 0 Å². The van der Waals surface area contributed by atoms with E-state index in [1.165, 1.54) is 0 Å². The van der Waals surface area contributed by atoms with Gasteiger partial charge < -0.3 is 15.2 Å². The van der Waals surface area contributed by atoms with Crippen LogP contribution in [0.5, 0.6) is 11.5 Å². The average molecular weight is 320 g/mol. The highest BCUT2D eigenvalue weighted by Gasteiger charge is 1.99. The molecule has 0 bridgehead atoms. The Kier molecular flexibility index (Phi) is 11.8. The number of benzene rings is 1. The second-order valence-electron chi connectivity index (χ2n) is 4.54. The molecular weight excluding hydrogens is 294 g/mol. The van der Waals surface area contributed by atoms with Crippen LogP contribution in [0.15, 0.2) is 24.3 Å². The van der Waals surface area contributed by atoms with E-state index in [2.05, 4.69) is 12.6 Å². The van der Waals surface area contributed by atoms with Crippen LogP contribution in [-0.2, 0) is 0 Å². The van der Waals surface area contributed by atoms with E-state index in [0.717, 1.165) is 49.5 Å². The number of rotatable bonds is 10. The van der Waals surface area contributed by atoms with Gasteiger partial charge in [0.1, 0.15) is 11.5 Å². The molecule has 1 rings (SSSR count). The van der Waals surface area contributed by atoms with Crippen LogP contribution in [0.25, 0.3) is 0 Å². The maximum absolute atomic E-state index is 5.80. The van der Waals surface area contributed by atoms with Crippen LogP contribution in [0.1, 0.15) is 32.6 Å². The Bertz CT molecular complexity index is 335. The summed E-state index contributed by atoms with van der Waals surface area (Å²) in [5.41, 5.74) is 5.80. The predicted octanol–water partition coefficient (Wildman–Crippen LogP) is 3.70. The zero-order valence-corrected chi connectivity index (χ0v) is 13.8. The smallest absolute Gasteiger partial charge is 0.119 e. The summed E-state index contributed by atoms with van der Waals surface area (Å²) in [7, 11) is 0. The van der Waals surface area contributed by atoms with Gasteiger partial charge in [0.2, 0.25) is 0 Å². The lowest BCUT2D eigenvalue weighted by Crippen LogP contribution is -2.21. The molecule has 5 heteroatoms. The van der Waals surface area contributed by atoms with Crippen molar-refractivity contribution in [2.75, 3.05) is 19.0 Å². The summed E-state index contributed by atoms with van der Waals surface area (Å²) in [4.78, 5) is 0. The molecule has 0 saturated heterocycles. The first-order chi connectivity index (χ1) is 9.26. The van der Waals surface area contributed by atoms with Gasteiger partial charge in [-0.25, -0.2) is 0 Å². The van der Waals surface area contributed by atoms with Crippen molar-refractivity contribution in [2.45, 2.75) is 38.6 Å². The molecule has 116 valence electrons. The van der Waals surface area contributed by atoms with Crippen molar-refractivity contribution in [3.05, 3.63) is 24.3 Å². The van der Waals surface area contributed by atoms with E-state index in [9.17, 15) is 0 Å². The van der Waals surface area contributed by atoms with E-state index in [0.29, 0.717) is 6.61 Å². The molecule has 0 radical (unpaired) electrons. The van der Waals surface area contributed by atoms with Gasteiger partial charge in [-0.3, -0.25) is 0 Å². The number of ether oxygens (including phenoxy) is 2. The van der Waals surface area contributed by atoms with Crippen LogP contribution >= 0.6 is 25.0 Å². The molecule has 1 aromatic carbocycles. The summed E-state index contributed by atoms with van der Waals surface area (Å²) in [6.07, 6.45) is 4.41. The number of thiol groups is 1. The van der Waals surface area contributed by atoms with E-state index in [4.69, 9.17) is 15.2 Å². The zero-order chi connectivity index (χ0) is 13.9. The first-order valence-electron chi connectivity index (χ1n) is 6.98. The molecule has 0 unspecified atom stereocenters. The first kappa shape index (κ1) is 19.4. The van der Waals surface area contributed by atoms with Crippen molar-refractivity contribution < 1.29 is 9.47 Å². The Morgan fingerprint density at radius 3 is 2.20 bits per heavy atom. The van der Waals surface area contributed by atoms with Gasteiger partial charge in [-0.2, -0.15) is 12.6 Å². The van der Waals surface area contributed by atoms with Crippen LogP contribution in [0, 0.1) is 0 Å². The fraction of sp³-hybridized carbons (Fsp3) is 0.600. The molecule has 1 atom stereocenters. The molecule has 1 aromatic rings. The summed E-state index contributed by atoms with van der Waals surface area (Å²) in [6, 6.07) is 7.99. The summed E-state index contributed by atoms with van der Waals surface area (Å²) in [6.45, 7) is 3.42. The lowest BCUT2D eigenvalue weighted by Gasteiger charge is -2.09. The SMILES string of the molecule is CCOc1ccc(OCCCCC[C@@H](N)CS)cc1.Cl. The second kappa shape index (κ2) is 12.2. The summed E-state index contributed by atoms with van der Waals surface area (Å²) < 4.78 is 11.0. The molecule has 0 saturated carbocycles. The average Bonchev–Trinajstić information content (AvgIpc) is 2.44. The van der Waals surface area contributed by atoms with Gasteiger partial charge in [0.15, 0.2) is 0 Å². The Hall–Kier alpha value is -0.580. The lowest BCUT2D eigenvalue weighted by molar-refractivity contribution is 0.302. The number of unbranched alkanes of at least 4 members (excludes halogenated alkanes) is 2. The molecule has 0 fully saturated rings. The zero-order valence-electron chi connectivity index (χ0n) is 12.1. The Morgan fingerprint density at radius 2 is 1.65 bits per heavy atom. The van der Waals surface area contributed by atoms with Crippen molar-refractivity contribution in [2.24, 2.45) is 5.73 Å². The molecule has 2 N–H and O–H groups in total. The summed E-state index contributed by atoms with van der Waals surface area (Å²) in [5, 5.41) is 0. The minimum absolute atomic E-state index is 0. The standard InChI is InChI=1S/C15H25NO2S.ClH/c1-2-17-14-7-9-15(10-8-14)18-11-5-3-4-6-13(16)12-19;/h7-10,13,19H,2-6,11-12,16H2,1H3;1H/t13-;/m1./s1. The third-order valence-electron chi connectivity index (χ3n) is 2.86. The lowest BCUT2D eigenvalue weighted by atomic mass is 10.1. The number of halogens is 1. The van der Waals surface area contributed by atoms with Gasteiger partial charge in [0.25, 0.3) is 0 Å². The third-order valence-corrected chi connectivity index (χ3v) is 3.33. The van der Waals surface area contributed by atoms with Gasteiger partial charge in [0.05, 0.1) is 13.2 Å². The number of hydrogen-bond donors (Lipinski definition) is 2. The Balaban J connectivity index is 0.00000361. The van der Waals surface area contributed by atoms with Crippen LogP contribution in [-0.4, -0.2) is 25.0 Å². The topological polar surface area (TPSA) is 44.5 Å². The molecule has 20 heavy (non-hydrogen) atoms. The van der Waals surface area contributed by atoms with E-state index in [1.807, 2.05) is 31.2 Å². The normalized spacial score (nSPS) is 11.6. The Labute approximate surface area is 134 Å². The molecule has 0 aromatic heterocycles. The van der Waals surface area contributed by atoms with Crippen molar-refractivity contribution in [3.63, 3.8) is 0 Å². The fourth-order valence-electron chi connectivity index (χ4n) is 1.77. The maximum atomic E-state index is 5.80. The summed E-state index contributed by atoms with van der Waals surface area (Å²) in [5.74, 6) is 2.55. The minimum atomic E-state index is 0. The molecule has 0 amide bonds. The number of hydrogen-bond acceptors (Lipinski definition) is 4. The molecule has 0 spiro atoms. The van der Waals surface area contributed by atoms with Gasteiger partial charge >= 0.3 is 0 Å². The molecule has 0 aliphatic heterocycles. The quantitative estimate of drug-likeness (QED) is 0.510. The highest BCUT2D eigenvalue weighted by Crippen LogP contribution is 2.17. The minimum Gasteiger partial charge on any atom is -0.494 e. The van der Waals surface area contributed by atoms with E-state index in [-0.39, 0.29) is 18.4 Å². The molecule has 0 aliphatic carbocycles. The summed E-state index contributed by atoms with van der Waals surface area (Å²) >= 11 is 4.17. The monoisotopic (exact) mass is 319 g/mol. The van der Waals surface area contributed by atoms with Gasteiger partial charge in [0, 0.05) is 11.8 Å². The largest absolute Gasteiger partial charge is 0.494 e. The van der Waals surface area contributed by atoms with Crippen LogP contribution in [0.2, 0.25) is 0 Å². The van der Waals surface area contributed by atoms with Crippen LogP contribution in [0.4, 0.5) is 0 Å². The van der Waals surface area contributed by atoms with Crippen molar-refractivity contribution in [1.29, 1.82) is 0 Å². The van der Waals surface area contributed by atoms with Crippen LogP contribution in [0.3, 0.4) is 0 Å². The predicted molar refractivity (Wildman–Crippen MR) is 90.7 cm³/mol. The van der Waals surface area contributed by atoms with Gasteiger partial charge in [-0.05, 0) is 44.0 Å². The fourth-order valence-corrected chi connectivity index (χ4v) is 1.95. The Morgan fingerprint density at radius 1 is 1.05 bits per heavy atom. The highest BCUT2D eigenvalue weighted by atomic mass is 35.5. The van der Waals surface area contributed by atoms with Crippen LogP contribution < -0.4 is 15.2 Å². The first-order valence-corrected chi connectivity index (χ1v) is 7.61. The van der Waals surface area contributed by atoms with E-state index in [1.54, 1.807) is 0 Å². The maximum Gasteiger partial charge on any atom is 0.119 e. The molecule has 0 heterocycles. The van der Waals surface area contributed by atoms with E-state index >= 15 is 0 Å². The second-order valence-corrected chi connectivity index (χ2v) is 4.91. The van der Waals surface area contributed by atoms with Gasteiger partial charge in [-0.15, -0.1) is 12.4 Å². The molecule has 0 aliphatic rings.